The second kappa shape index (κ2) is 9.04. The lowest BCUT2D eigenvalue weighted by Gasteiger charge is -2.35. The van der Waals surface area contributed by atoms with Gasteiger partial charge in [-0.15, -0.1) is 0 Å². The molecular weight excluding hydrogens is 447 g/mol. The van der Waals surface area contributed by atoms with Gasteiger partial charge >= 0.3 is 12.2 Å². The van der Waals surface area contributed by atoms with Crippen LogP contribution in [0, 0.1) is 5.82 Å². The molecule has 166 valence electrons. The Bertz CT molecular complexity index is 988. The number of hydrogen-bond donors (Lipinski definition) is 2. The summed E-state index contributed by atoms with van der Waals surface area (Å²) < 4.78 is 66.3. The Hall–Kier alpha value is -2.95. The molecule has 1 fully saturated rings. The summed E-state index contributed by atoms with van der Waals surface area (Å²) in [5.74, 6) is -1.28. The molecule has 2 N–H and O–H groups in total. The number of benzene rings is 1. The van der Waals surface area contributed by atoms with Gasteiger partial charge in [-0.2, -0.15) is 13.2 Å². The third-order valence-electron chi connectivity index (χ3n) is 4.63. The van der Waals surface area contributed by atoms with E-state index in [1.807, 2.05) is 0 Å². The van der Waals surface area contributed by atoms with Crippen LogP contribution in [-0.4, -0.2) is 47.6 Å². The minimum absolute atomic E-state index is 0.113. The number of carbonyl (C=O) groups is 2. The highest BCUT2D eigenvalue weighted by Crippen LogP contribution is 2.31. The quantitative estimate of drug-likeness (QED) is 0.683. The fraction of sp³-hybridized carbons (Fsp3) is 0.316. The van der Waals surface area contributed by atoms with Gasteiger partial charge in [0.1, 0.15) is 24.7 Å². The zero-order chi connectivity index (χ0) is 22.8. The molecule has 1 saturated heterocycles. The van der Waals surface area contributed by atoms with Crippen molar-refractivity contribution in [2.45, 2.75) is 18.3 Å². The molecule has 31 heavy (non-hydrogen) atoms. The van der Waals surface area contributed by atoms with Crippen molar-refractivity contribution >= 4 is 23.5 Å². The average molecular weight is 463 g/mol. The molecule has 2 aromatic rings. The Labute approximate surface area is 178 Å². The van der Waals surface area contributed by atoms with Crippen molar-refractivity contribution < 1.29 is 31.5 Å². The number of hydrogen-bond acceptors (Lipinski definition) is 3. The van der Waals surface area contributed by atoms with Crippen molar-refractivity contribution in [3.63, 3.8) is 0 Å². The maximum Gasteiger partial charge on any atom is 0.433 e. The molecule has 0 bridgehead atoms. The molecule has 0 radical (unpaired) electrons. The van der Waals surface area contributed by atoms with Gasteiger partial charge in [-0.1, -0.05) is 23.7 Å². The standard InChI is InChI=1S/C19H16ClF5N4O2/c20-12-6-10(4-5-13(12)22)17(14-2-1-3-15(27-14)19(23,24)25)28-18(31)29-9-16(30)26-8-11(29)7-21/h1-6,11,17H,7-9H2,(H,26,30)(H,28,31)/t11-,17-/m1/s1. The number of carbonyl (C=O) groups excluding carboxylic acids is 2. The summed E-state index contributed by atoms with van der Waals surface area (Å²) in [6.45, 7) is -1.49. The molecule has 2 heterocycles. The summed E-state index contributed by atoms with van der Waals surface area (Å²) >= 11 is 5.80. The van der Waals surface area contributed by atoms with Crippen LogP contribution < -0.4 is 10.6 Å². The first-order valence-electron chi connectivity index (χ1n) is 8.99. The summed E-state index contributed by atoms with van der Waals surface area (Å²) in [4.78, 5) is 29.0. The van der Waals surface area contributed by atoms with Gasteiger partial charge in [0, 0.05) is 6.54 Å². The molecule has 3 amide bonds. The number of pyridine rings is 1. The number of aromatic nitrogens is 1. The second-order valence-corrected chi connectivity index (χ2v) is 7.15. The molecule has 6 nitrogen and oxygen atoms in total. The Morgan fingerprint density at radius 2 is 2.06 bits per heavy atom. The van der Waals surface area contributed by atoms with Crippen LogP contribution in [0.4, 0.5) is 26.7 Å². The maximum absolute atomic E-state index is 13.6. The van der Waals surface area contributed by atoms with E-state index in [1.165, 1.54) is 12.1 Å². The van der Waals surface area contributed by atoms with Gasteiger partial charge in [-0.25, -0.2) is 18.6 Å². The zero-order valence-electron chi connectivity index (χ0n) is 15.7. The summed E-state index contributed by atoms with van der Waals surface area (Å²) in [5.41, 5.74) is -1.26. The maximum atomic E-state index is 13.6. The molecule has 12 heteroatoms. The van der Waals surface area contributed by atoms with Gasteiger partial charge in [0.2, 0.25) is 5.91 Å². The first-order valence-corrected chi connectivity index (χ1v) is 9.37. The van der Waals surface area contributed by atoms with E-state index in [0.717, 1.165) is 29.2 Å². The van der Waals surface area contributed by atoms with Gasteiger partial charge in [-0.3, -0.25) is 4.79 Å². The molecule has 0 aliphatic carbocycles. The van der Waals surface area contributed by atoms with Crippen LogP contribution in [-0.2, 0) is 11.0 Å². The smallest absolute Gasteiger partial charge is 0.352 e. The van der Waals surface area contributed by atoms with Crippen molar-refractivity contribution in [2.75, 3.05) is 19.8 Å². The van der Waals surface area contributed by atoms with Crippen molar-refractivity contribution in [3.05, 3.63) is 64.2 Å². The molecule has 1 aliphatic heterocycles. The van der Waals surface area contributed by atoms with Crippen LogP contribution in [0.15, 0.2) is 36.4 Å². The van der Waals surface area contributed by atoms with Crippen LogP contribution >= 0.6 is 11.6 Å². The van der Waals surface area contributed by atoms with E-state index < -0.39 is 54.9 Å². The molecule has 0 saturated carbocycles. The summed E-state index contributed by atoms with van der Waals surface area (Å²) in [6.07, 6.45) is -4.74. The normalized spacial score (nSPS) is 17.8. The Balaban J connectivity index is 1.99. The first-order chi connectivity index (χ1) is 14.6. The second-order valence-electron chi connectivity index (χ2n) is 6.74. The van der Waals surface area contributed by atoms with Gasteiger partial charge in [0.25, 0.3) is 0 Å². The number of piperazine rings is 1. The first kappa shape index (κ1) is 22.7. The number of rotatable bonds is 4. The lowest BCUT2D eigenvalue weighted by Crippen LogP contribution is -2.59. The molecule has 1 aromatic heterocycles. The predicted molar refractivity (Wildman–Crippen MR) is 101 cm³/mol. The van der Waals surface area contributed by atoms with Crippen LogP contribution in [0.1, 0.15) is 23.0 Å². The lowest BCUT2D eigenvalue weighted by molar-refractivity contribution is -0.141. The highest BCUT2D eigenvalue weighted by atomic mass is 35.5. The molecule has 1 aliphatic rings. The lowest BCUT2D eigenvalue weighted by atomic mass is 10.0. The zero-order valence-corrected chi connectivity index (χ0v) is 16.5. The fourth-order valence-electron chi connectivity index (χ4n) is 3.05. The van der Waals surface area contributed by atoms with Gasteiger partial charge in [0.05, 0.1) is 22.8 Å². The van der Waals surface area contributed by atoms with Gasteiger partial charge in [0.15, 0.2) is 0 Å². The molecular formula is C19H16ClF5N4O2. The van der Waals surface area contributed by atoms with E-state index in [2.05, 4.69) is 15.6 Å². The van der Waals surface area contributed by atoms with E-state index in [1.54, 1.807) is 0 Å². The van der Waals surface area contributed by atoms with E-state index in [-0.39, 0.29) is 22.8 Å². The monoisotopic (exact) mass is 462 g/mol. The third kappa shape index (κ3) is 5.22. The highest BCUT2D eigenvalue weighted by molar-refractivity contribution is 6.30. The molecule has 0 unspecified atom stereocenters. The molecule has 1 aromatic carbocycles. The van der Waals surface area contributed by atoms with Crippen molar-refractivity contribution in [2.24, 2.45) is 0 Å². The van der Waals surface area contributed by atoms with E-state index in [4.69, 9.17) is 11.6 Å². The van der Waals surface area contributed by atoms with Gasteiger partial charge in [-0.05, 0) is 29.8 Å². The third-order valence-corrected chi connectivity index (χ3v) is 4.92. The summed E-state index contributed by atoms with van der Waals surface area (Å²) in [7, 11) is 0. The fourth-order valence-corrected chi connectivity index (χ4v) is 3.24. The highest BCUT2D eigenvalue weighted by Gasteiger charge is 2.35. The molecule has 0 spiro atoms. The minimum Gasteiger partial charge on any atom is -0.352 e. The number of nitrogens with one attached hydrogen (secondary N) is 2. The van der Waals surface area contributed by atoms with Crippen molar-refractivity contribution in [3.8, 4) is 0 Å². The van der Waals surface area contributed by atoms with Crippen LogP contribution in [0.5, 0.6) is 0 Å². The van der Waals surface area contributed by atoms with E-state index in [9.17, 15) is 31.5 Å². The largest absolute Gasteiger partial charge is 0.433 e. The summed E-state index contributed by atoms with van der Waals surface area (Å²) in [5, 5.41) is 4.57. The Kier molecular flexibility index (Phi) is 6.63. The number of urea groups is 1. The van der Waals surface area contributed by atoms with Crippen LogP contribution in [0.25, 0.3) is 0 Å². The Morgan fingerprint density at radius 3 is 2.71 bits per heavy atom. The minimum atomic E-state index is -4.74. The molecule has 2 atom stereocenters. The van der Waals surface area contributed by atoms with Crippen LogP contribution in [0.3, 0.4) is 0 Å². The SMILES string of the molecule is O=C1CN(C(=O)N[C@H](c2ccc(F)c(Cl)c2)c2cccc(C(F)(F)F)n2)[C@H](CF)CN1. The van der Waals surface area contributed by atoms with Gasteiger partial charge < -0.3 is 15.5 Å². The van der Waals surface area contributed by atoms with E-state index in [0.29, 0.717) is 0 Å². The topological polar surface area (TPSA) is 74.3 Å². The van der Waals surface area contributed by atoms with Crippen LogP contribution in [0.2, 0.25) is 5.02 Å². The number of nitrogens with zero attached hydrogens (tertiary/aromatic N) is 2. The number of halogens is 6. The number of alkyl halides is 4. The predicted octanol–water partition coefficient (Wildman–Crippen LogP) is 3.46. The molecule has 3 rings (SSSR count). The van der Waals surface area contributed by atoms with Crippen molar-refractivity contribution in [1.82, 2.24) is 20.5 Å². The number of amides is 3. The Morgan fingerprint density at radius 1 is 1.32 bits per heavy atom. The van der Waals surface area contributed by atoms with E-state index >= 15 is 0 Å². The average Bonchev–Trinajstić information content (AvgIpc) is 2.73. The van der Waals surface area contributed by atoms with Crippen molar-refractivity contribution in [1.29, 1.82) is 0 Å². The summed E-state index contributed by atoms with van der Waals surface area (Å²) in [6, 6.07) is 3.33.